The van der Waals surface area contributed by atoms with Crippen LogP contribution >= 0.6 is 0 Å². The molecular formula is C25H31N5O2. The number of nitrogens with zero attached hydrogens (tertiary/aromatic N) is 3. The van der Waals surface area contributed by atoms with Crippen molar-refractivity contribution in [1.82, 2.24) is 19.8 Å². The molecule has 0 radical (unpaired) electrons. The molecule has 0 saturated carbocycles. The third-order valence-electron chi connectivity index (χ3n) is 6.16. The lowest BCUT2D eigenvalue weighted by Crippen LogP contribution is -2.43. The Morgan fingerprint density at radius 2 is 1.78 bits per heavy atom. The van der Waals surface area contributed by atoms with E-state index >= 15 is 0 Å². The predicted octanol–water partition coefficient (Wildman–Crippen LogP) is 3.55. The Hall–Kier alpha value is -3.19. The van der Waals surface area contributed by atoms with Crippen molar-refractivity contribution in [3.63, 3.8) is 0 Å². The molecule has 1 unspecified atom stereocenters. The van der Waals surface area contributed by atoms with Crippen molar-refractivity contribution in [2.75, 3.05) is 25.0 Å². The molecule has 3 heterocycles. The number of carbonyl (C=O) groups is 2. The zero-order chi connectivity index (χ0) is 22.5. The summed E-state index contributed by atoms with van der Waals surface area (Å²) in [6.07, 6.45) is 6.81. The van der Waals surface area contributed by atoms with E-state index < -0.39 is 11.8 Å². The van der Waals surface area contributed by atoms with Gasteiger partial charge in [-0.1, -0.05) is 31.0 Å². The van der Waals surface area contributed by atoms with E-state index in [0.717, 1.165) is 48.2 Å². The van der Waals surface area contributed by atoms with E-state index in [1.54, 1.807) is 6.07 Å². The zero-order valence-corrected chi connectivity index (χ0v) is 18.8. The Morgan fingerprint density at radius 1 is 1.03 bits per heavy atom. The molecule has 4 rings (SSSR count). The third kappa shape index (κ3) is 4.99. The minimum atomic E-state index is -0.665. The maximum absolute atomic E-state index is 12.7. The molecule has 1 saturated heterocycles. The third-order valence-corrected chi connectivity index (χ3v) is 6.16. The number of hydrogen-bond donors (Lipinski definition) is 2. The average Bonchev–Trinajstić information content (AvgIpc) is 3.03. The molecule has 7 nitrogen and oxygen atoms in total. The molecule has 168 valence electrons. The summed E-state index contributed by atoms with van der Waals surface area (Å²) in [4.78, 5) is 32.3. The van der Waals surface area contributed by atoms with Gasteiger partial charge in [-0.25, -0.2) is 0 Å². The maximum Gasteiger partial charge on any atom is 0.313 e. The van der Waals surface area contributed by atoms with Gasteiger partial charge in [0.1, 0.15) is 0 Å². The number of aromatic nitrogens is 2. The minimum absolute atomic E-state index is 0.0360. The number of benzene rings is 1. The van der Waals surface area contributed by atoms with Crippen molar-refractivity contribution >= 4 is 28.4 Å². The first-order valence-corrected chi connectivity index (χ1v) is 11.3. The van der Waals surface area contributed by atoms with Gasteiger partial charge in [0.15, 0.2) is 0 Å². The van der Waals surface area contributed by atoms with Crippen LogP contribution in [0.25, 0.3) is 10.9 Å². The number of likely N-dealkylation sites (tertiary alicyclic amines) is 1. The number of nitrogens with one attached hydrogen (secondary N) is 2. The summed E-state index contributed by atoms with van der Waals surface area (Å²) >= 11 is 0. The SMILES string of the molecule is Cc1cc(NC(=O)C(=O)NCC(c2cccn2C)N2CCCCCC2)c2ccccc2n1. The molecule has 7 heteroatoms. The van der Waals surface area contributed by atoms with Crippen molar-refractivity contribution in [2.45, 2.75) is 38.6 Å². The topological polar surface area (TPSA) is 79.3 Å². The number of hydrogen-bond acceptors (Lipinski definition) is 4. The van der Waals surface area contributed by atoms with Crippen LogP contribution in [0.4, 0.5) is 5.69 Å². The molecule has 2 N–H and O–H groups in total. The van der Waals surface area contributed by atoms with Crippen molar-refractivity contribution in [3.05, 3.63) is 60.0 Å². The molecule has 1 atom stereocenters. The van der Waals surface area contributed by atoms with E-state index in [1.807, 2.05) is 50.5 Å². The van der Waals surface area contributed by atoms with Crippen molar-refractivity contribution in [3.8, 4) is 0 Å². The number of carbonyl (C=O) groups excluding carboxylic acids is 2. The van der Waals surface area contributed by atoms with Gasteiger partial charge in [0.2, 0.25) is 0 Å². The summed E-state index contributed by atoms with van der Waals surface area (Å²) in [5, 5.41) is 6.46. The van der Waals surface area contributed by atoms with Crippen molar-refractivity contribution < 1.29 is 9.59 Å². The molecule has 0 spiro atoms. The Kier molecular flexibility index (Phi) is 6.85. The fourth-order valence-corrected chi connectivity index (χ4v) is 4.51. The fourth-order valence-electron chi connectivity index (χ4n) is 4.51. The zero-order valence-electron chi connectivity index (χ0n) is 18.8. The molecule has 1 fully saturated rings. The number of para-hydroxylation sites is 1. The molecule has 32 heavy (non-hydrogen) atoms. The van der Waals surface area contributed by atoms with E-state index in [-0.39, 0.29) is 6.04 Å². The van der Waals surface area contributed by atoms with E-state index in [4.69, 9.17) is 0 Å². The Morgan fingerprint density at radius 3 is 2.50 bits per heavy atom. The van der Waals surface area contributed by atoms with Crippen molar-refractivity contribution in [1.29, 1.82) is 0 Å². The highest BCUT2D eigenvalue weighted by molar-refractivity contribution is 6.40. The largest absolute Gasteiger partial charge is 0.353 e. The molecule has 1 aliphatic rings. The molecular weight excluding hydrogens is 402 g/mol. The van der Waals surface area contributed by atoms with Crippen LogP contribution in [-0.2, 0) is 16.6 Å². The molecule has 2 aromatic heterocycles. The normalized spacial score (nSPS) is 15.8. The van der Waals surface area contributed by atoms with Crippen LogP contribution in [0.5, 0.6) is 0 Å². The highest BCUT2D eigenvalue weighted by Crippen LogP contribution is 2.25. The average molecular weight is 434 g/mol. The van der Waals surface area contributed by atoms with E-state index in [2.05, 4.69) is 31.2 Å². The Bertz CT molecular complexity index is 1100. The lowest BCUT2D eigenvalue weighted by atomic mass is 10.1. The Balaban J connectivity index is 1.46. The lowest BCUT2D eigenvalue weighted by molar-refractivity contribution is -0.136. The van der Waals surface area contributed by atoms with Crippen LogP contribution in [0.2, 0.25) is 0 Å². The van der Waals surface area contributed by atoms with Crippen LogP contribution in [0, 0.1) is 6.92 Å². The molecule has 0 bridgehead atoms. The molecule has 2 amide bonds. The number of pyridine rings is 1. The van der Waals surface area contributed by atoms with Crippen LogP contribution in [0.3, 0.4) is 0 Å². The van der Waals surface area contributed by atoms with Gasteiger partial charge in [-0.2, -0.15) is 0 Å². The highest BCUT2D eigenvalue weighted by Gasteiger charge is 2.25. The van der Waals surface area contributed by atoms with Gasteiger partial charge in [0, 0.05) is 36.6 Å². The Labute approximate surface area is 188 Å². The summed E-state index contributed by atoms with van der Waals surface area (Å²) in [6, 6.07) is 13.5. The molecule has 1 aromatic carbocycles. The number of fused-ring (bicyclic) bond motifs is 1. The summed E-state index contributed by atoms with van der Waals surface area (Å²) in [6.45, 7) is 4.26. The van der Waals surface area contributed by atoms with E-state index in [0.29, 0.717) is 12.2 Å². The second-order valence-electron chi connectivity index (χ2n) is 8.50. The number of rotatable bonds is 5. The van der Waals surface area contributed by atoms with Gasteiger partial charge in [-0.15, -0.1) is 0 Å². The standard InChI is InChI=1S/C25H31N5O2/c1-18-16-21(19-10-5-6-11-20(19)27-18)28-25(32)24(31)26-17-23(22-12-9-13-29(22)2)30-14-7-3-4-8-15-30/h5-6,9-13,16,23H,3-4,7-8,14-15,17H2,1-2H3,(H,26,31)(H,27,28,32). The first-order valence-electron chi connectivity index (χ1n) is 11.3. The van der Waals surface area contributed by atoms with Crippen LogP contribution in [-0.4, -0.2) is 45.9 Å². The molecule has 3 aromatic rings. The van der Waals surface area contributed by atoms with Gasteiger partial charge in [-0.3, -0.25) is 19.5 Å². The predicted molar refractivity (Wildman–Crippen MR) is 126 cm³/mol. The fraction of sp³-hybridized carbons (Fsp3) is 0.400. The smallest absolute Gasteiger partial charge is 0.313 e. The van der Waals surface area contributed by atoms with Gasteiger partial charge >= 0.3 is 11.8 Å². The van der Waals surface area contributed by atoms with Crippen LogP contribution < -0.4 is 10.6 Å². The van der Waals surface area contributed by atoms with E-state index in [1.165, 1.54) is 12.8 Å². The number of anilines is 1. The molecule has 0 aliphatic carbocycles. The maximum atomic E-state index is 12.7. The second kappa shape index (κ2) is 9.96. The summed E-state index contributed by atoms with van der Waals surface area (Å²) in [5.74, 6) is -1.29. The van der Waals surface area contributed by atoms with Crippen LogP contribution in [0.15, 0.2) is 48.7 Å². The van der Waals surface area contributed by atoms with Crippen molar-refractivity contribution in [2.24, 2.45) is 7.05 Å². The lowest BCUT2D eigenvalue weighted by Gasteiger charge is -2.31. The van der Waals surface area contributed by atoms with Crippen LogP contribution in [0.1, 0.15) is 43.1 Å². The minimum Gasteiger partial charge on any atom is -0.353 e. The van der Waals surface area contributed by atoms with Gasteiger partial charge in [0.25, 0.3) is 0 Å². The molecule has 1 aliphatic heterocycles. The van der Waals surface area contributed by atoms with Gasteiger partial charge < -0.3 is 15.2 Å². The summed E-state index contributed by atoms with van der Waals surface area (Å²) in [5.41, 5.74) is 3.31. The van der Waals surface area contributed by atoms with E-state index in [9.17, 15) is 9.59 Å². The quantitative estimate of drug-likeness (QED) is 0.603. The number of amides is 2. The summed E-state index contributed by atoms with van der Waals surface area (Å²) < 4.78 is 2.09. The highest BCUT2D eigenvalue weighted by atomic mass is 16.2. The monoisotopic (exact) mass is 433 g/mol. The number of aryl methyl sites for hydroxylation is 2. The first kappa shape index (κ1) is 22.0. The summed E-state index contributed by atoms with van der Waals surface area (Å²) in [7, 11) is 2.02. The first-order chi connectivity index (χ1) is 15.5. The van der Waals surface area contributed by atoms with Gasteiger partial charge in [0.05, 0.1) is 17.2 Å². The van der Waals surface area contributed by atoms with Gasteiger partial charge in [-0.05, 0) is 57.1 Å². The second-order valence-corrected chi connectivity index (χ2v) is 8.50.